The van der Waals surface area contributed by atoms with Gasteiger partial charge in [0.05, 0.1) is 0 Å². The van der Waals surface area contributed by atoms with E-state index in [0.717, 1.165) is 58.3 Å². The average Bonchev–Trinajstić information content (AvgIpc) is 3.02. The minimum Gasteiger partial charge on any atom is -0.462 e. The summed E-state index contributed by atoms with van der Waals surface area (Å²) in [7, 11) is 1.66. The molecule has 0 heterocycles. The zero-order valence-corrected chi connectivity index (χ0v) is 30.2. The molecule has 0 atom stereocenters. The molecule has 0 fully saturated rings. The molecule has 0 saturated carbocycles. The number of carbonyl (C=O) groups excluding carboxylic acids is 2. The number of esters is 1. The van der Waals surface area contributed by atoms with Gasteiger partial charge in [0.1, 0.15) is 6.10 Å². The number of amides is 2. The Morgan fingerprint density at radius 2 is 0.955 bits per heavy atom. The molecule has 44 heavy (non-hydrogen) atoms. The quantitative estimate of drug-likeness (QED) is 0.0552. The molecule has 0 radical (unpaired) electrons. The number of carbonyl (C=O) groups is 2. The first-order valence-electron chi connectivity index (χ1n) is 19.4. The smallest absolute Gasteiger partial charge is 0.314 e. The molecule has 0 spiro atoms. The lowest BCUT2D eigenvalue weighted by Crippen LogP contribution is -2.35. The van der Waals surface area contributed by atoms with E-state index < -0.39 is 0 Å². The highest BCUT2D eigenvalue weighted by molar-refractivity contribution is 5.73. The maximum absolute atomic E-state index is 12.7. The summed E-state index contributed by atoms with van der Waals surface area (Å²) in [6, 6.07) is -0.0949. The fourth-order valence-corrected chi connectivity index (χ4v) is 5.99. The zero-order valence-electron chi connectivity index (χ0n) is 30.2. The summed E-state index contributed by atoms with van der Waals surface area (Å²) in [5.41, 5.74) is 0. The molecule has 0 aromatic carbocycles. The van der Waals surface area contributed by atoms with Crippen molar-refractivity contribution >= 4 is 12.0 Å². The summed E-state index contributed by atoms with van der Waals surface area (Å²) in [5, 5.41) is 5.54. The van der Waals surface area contributed by atoms with E-state index in [-0.39, 0.29) is 18.1 Å². The summed E-state index contributed by atoms with van der Waals surface area (Å²) < 4.78 is 6.03. The van der Waals surface area contributed by atoms with E-state index in [2.05, 4.69) is 36.3 Å². The van der Waals surface area contributed by atoms with Crippen LogP contribution in [0.15, 0.2) is 0 Å². The van der Waals surface area contributed by atoms with Gasteiger partial charge in [0.2, 0.25) is 0 Å². The van der Waals surface area contributed by atoms with Crippen molar-refractivity contribution in [2.75, 3.05) is 33.2 Å². The van der Waals surface area contributed by atoms with Crippen molar-refractivity contribution in [3.8, 4) is 0 Å². The van der Waals surface area contributed by atoms with Gasteiger partial charge in [-0.2, -0.15) is 0 Å². The Labute approximate surface area is 275 Å². The molecule has 0 unspecified atom stereocenters. The van der Waals surface area contributed by atoms with Crippen molar-refractivity contribution < 1.29 is 14.3 Å². The molecule has 0 aromatic heterocycles. The summed E-state index contributed by atoms with van der Waals surface area (Å²) in [6.45, 7) is 10.9. The van der Waals surface area contributed by atoms with Crippen molar-refractivity contribution in [2.24, 2.45) is 0 Å². The van der Waals surface area contributed by atoms with Gasteiger partial charge in [-0.3, -0.25) is 4.79 Å². The number of ether oxygens (including phenoxy) is 1. The van der Waals surface area contributed by atoms with Gasteiger partial charge in [0.15, 0.2) is 0 Å². The lowest BCUT2D eigenvalue weighted by atomic mass is 10.0. The zero-order chi connectivity index (χ0) is 32.4. The van der Waals surface area contributed by atoms with E-state index in [0.29, 0.717) is 6.42 Å². The molecule has 2 amide bonds. The summed E-state index contributed by atoms with van der Waals surface area (Å²) >= 11 is 0. The van der Waals surface area contributed by atoms with Gasteiger partial charge in [-0.1, -0.05) is 136 Å². The molecule has 6 nitrogen and oxygen atoms in total. The molecule has 0 saturated heterocycles. The highest BCUT2D eigenvalue weighted by Crippen LogP contribution is 2.18. The Kier molecular flexibility index (Phi) is 33.5. The molecular weight excluding hydrogens is 546 g/mol. The van der Waals surface area contributed by atoms with E-state index in [1.54, 1.807) is 7.05 Å². The van der Waals surface area contributed by atoms with Crippen LogP contribution in [-0.4, -0.2) is 56.2 Å². The number of nitrogens with one attached hydrogen (secondary N) is 2. The summed E-state index contributed by atoms with van der Waals surface area (Å²) in [4.78, 5) is 26.7. The fourth-order valence-electron chi connectivity index (χ4n) is 5.99. The van der Waals surface area contributed by atoms with Crippen molar-refractivity contribution in [3.05, 3.63) is 0 Å². The maximum Gasteiger partial charge on any atom is 0.314 e. The molecule has 2 N–H and O–H groups in total. The lowest BCUT2D eigenvalue weighted by molar-refractivity contribution is -0.150. The van der Waals surface area contributed by atoms with Crippen LogP contribution in [0.3, 0.4) is 0 Å². The second-order valence-corrected chi connectivity index (χ2v) is 13.2. The first-order valence-corrected chi connectivity index (χ1v) is 19.4. The van der Waals surface area contributed by atoms with Gasteiger partial charge in [-0.15, -0.1) is 0 Å². The Morgan fingerprint density at radius 3 is 1.43 bits per heavy atom. The number of hydrogen-bond acceptors (Lipinski definition) is 4. The van der Waals surface area contributed by atoms with E-state index in [1.807, 2.05) is 0 Å². The third-order valence-electron chi connectivity index (χ3n) is 8.90. The van der Waals surface area contributed by atoms with Crippen LogP contribution in [0, 0.1) is 0 Å². The second-order valence-electron chi connectivity index (χ2n) is 13.2. The molecule has 0 aromatic rings. The minimum absolute atomic E-state index is 0.0300. The van der Waals surface area contributed by atoms with Crippen LogP contribution in [-0.2, 0) is 9.53 Å². The molecule has 262 valence electrons. The number of rotatable bonds is 34. The summed E-state index contributed by atoms with van der Waals surface area (Å²) in [6.07, 6.45) is 32.9. The fraction of sp³-hybridized carbons (Fsp3) is 0.947. The molecular formula is C38H77N3O3. The van der Waals surface area contributed by atoms with Crippen molar-refractivity contribution in [1.29, 1.82) is 0 Å². The second kappa shape index (κ2) is 34.6. The third kappa shape index (κ3) is 30.7. The molecule has 0 rings (SSSR count). The Morgan fingerprint density at radius 1 is 0.545 bits per heavy atom. The van der Waals surface area contributed by atoms with Crippen LogP contribution in [0.25, 0.3) is 0 Å². The van der Waals surface area contributed by atoms with Crippen molar-refractivity contribution in [1.82, 2.24) is 15.5 Å². The standard InChI is InChI=1S/C38H77N3O3/c1-5-8-11-14-18-23-29-36(30-24-19-15-12-9-6-2)44-37(42)31-25-20-17-22-27-34-41(33-26-21-16-13-10-7-3)35-28-32-40-38(43)39-4/h36H,5-35H2,1-4H3,(H2,39,40,43). The highest BCUT2D eigenvalue weighted by Gasteiger charge is 2.14. The predicted octanol–water partition coefficient (Wildman–Crippen LogP) is 10.7. The largest absolute Gasteiger partial charge is 0.462 e. The van der Waals surface area contributed by atoms with E-state index in [4.69, 9.17) is 4.74 Å². The predicted molar refractivity (Wildman–Crippen MR) is 190 cm³/mol. The normalized spacial score (nSPS) is 11.4. The van der Waals surface area contributed by atoms with Crippen LogP contribution in [0.5, 0.6) is 0 Å². The number of urea groups is 1. The number of nitrogens with zero attached hydrogens (tertiary/aromatic N) is 1. The average molecular weight is 624 g/mol. The monoisotopic (exact) mass is 624 g/mol. The van der Waals surface area contributed by atoms with Crippen LogP contribution >= 0.6 is 0 Å². The SMILES string of the molecule is CCCCCCCCC(CCCCCCCC)OC(=O)CCCCCCCN(CCCCCCCC)CCCNC(=O)NC. The lowest BCUT2D eigenvalue weighted by Gasteiger charge is -2.22. The first-order chi connectivity index (χ1) is 21.6. The van der Waals surface area contributed by atoms with Crippen molar-refractivity contribution in [3.63, 3.8) is 0 Å². The van der Waals surface area contributed by atoms with Gasteiger partial charge in [0.25, 0.3) is 0 Å². The van der Waals surface area contributed by atoms with Crippen LogP contribution in [0.2, 0.25) is 0 Å². The van der Waals surface area contributed by atoms with Crippen molar-refractivity contribution in [2.45, 2.75) is 200 Å². The molecule has 0 aliphatic rings. The van der Waals surface area contributed by atoms with Gasteiger partial charge in [-0.05, 0) is 71.0 Å². The van der Waals surface area contributed by atoms with E-state index >= 15 is 0 Å². The molecule has 0 aliphatic heterocycles. The molecule has 6 heteroatoms. The number of hydrogen-bond donors (Lipinski definition) is 2. The molecule has 0 aliphatic carbocycles. The van der Waals surface area contributed by atoms with Gasteiger partial charge in [0, 0.05) is 20.0 Å². The number of unbranched alkanes of at least 4 members (excludes halogenated alkanes) is 19. The Balaban J connectivity index is 4.26. The van der Waals surface area contributed by atoms with Crippen LogP contribution in [0.4, 0.5) is 4.79 Å². The first kappa shape index (κ1) is 42.7. The van der Waals surface area contributed by atoms with Gasteiger partial charge < -0.3 is 20.3 Å². The minimum atomic E-state index is -0.0949. The van der Waals surface area contributed by atoms with Gasteiger partial charge >= 0.3 is 12.0 Å². The maximum atomic E-state index is 12.7. The molecule has 0 bridgehead atoms. The van der Waals surface area contributed by atoms with Gasteiger partial charge in [-0.25, -0.2) is 4.79 Å². The third-order valence-corrected chi connectivity index (χ3v) is 8.90. The van der Waals surface area contributed by atoms with E-state index in [1.165, 1.54) is 135 Å². The topological polar surface area (TPSA) is 70.7 Å². The highest BCUT2D eigenvalue weighted by atomic mass is 16.5. The van der Waals surface area contributed by atoms with E-state index in [9.17, 15) is 9.59 Å². The Bertz CT molecular complexity index is 600. The van der Waals surface area contributed by atoms with Crippen LogP contribution < -0.4 is 10.6 Å². The summed E-state index contributed by atoms with van der Waals surface area (Å²) in [5.74, 6) is 0.0300. The van der Waals surface area contributed by atoms with Crippen LogP contribution in [0.1, 0.15) is 194 Å². The Hall–Kier alpha value is -1.30.